The third kappa shape index (κ3) is 2.28. The van der Waals surface area contributed by atoms with Crippen LogP contribution in [-0.2, 0) is 13.0 Å². The second kappa shape index (κ2) is 4.71. The third-order valence-electron chi connectivity index (χ3n) is 2.35. The molecule has 0 aliphatic heterocycles. The largest absolute Gasteiger partial charge is 0.386 e. The van der Waals surface area contributed by atoms with E-state index in [1.807, 2.05) is 19.2 Å². The highest BCUT2D eigenvalue weighted by molar-refractivity contribution is 7.09. The first-order chi connectivity index (χ1) is 7.70. The zero-order valence-corrected chi connectivity index (χ0v) is 10.1. The molecule has 0 aliphatic rings. The van der Waals surface area contributed by atoms with E-state index in [0.29, 0.717) is 12.1 Å². The molecule has 0 fully saturated rings. The third-order valence-corrected chi connectivity index (χ3v) is 3.14. The summed E-state index contributed by atoms with van der Waals surface area (Å²) in [6.07, 6.45) is 1.37. The zero-order valence-electron chi connectivity index (χ0n) is 9.29. The van der Waals surface area contributed by atoms with Gasteiger partial charge in [0, 0.05) is 18.3 Å². The van der Waals surface area contributed by atoms with Crippen LogP contribution in [0.1, 0.15) is 29.6 Å². The Kier molecular flexibility index (Phi) is 3.31. The van der Waals surface area contributed by atoms with Crippen LogP contribution in [0.4, 0.5) is 0 Å². The first-order valence-corrected chi connectivity index (χ1v) is 6.05. The van der Waals surface area contributed by atoms with Gasteiger partial charge in [0.25, 0.3) is 0 Å². The Morgan fingerprint density at radius 3 is 3.00 bits per heavy atom. The molecule has 0 aromatic carbocycles. The minimum Gasteiger partial charge on any atom is -0.386 e. The second-order valence-electron chi connectivity index (χ2n) is 3.50. The van der Waals surface area contributed by atoms with Crippen molar-refractivity contribution in [3.8, 4) is 0 Å². The molecule has 1 atom stereocenters. The van der Waals surface area contributed by atoms with E-state index in [0.717, 1.165) is 17.4 Å². The zero-order chi connectivity index (χ0) is 11.5. The molecule has 1 N–H and O–H groups in total. The molecular formula is C10H14N4OS. The van der Waals surface area contributed by atoms with Gasteiger partial charge in [-0.25, -0.2) is 9.97 Å². The molecule has 6 heteroatoms. The molecule has 2 aromatic rings. The Morgan fingerprint density at radius 2 is 2.38 bits per heavy atom. The Hall–Kier alpha value is -1.27. The molecule has 0 spiro atoms. The van der Waals surface area contributed by atoms with Gasteiger partial charge in [-0.05, 0) is 13.8 Å². The molecule has 0 bridgehead atoms. The van der Waals surface area contributed by atoms with Crippen LogP contribution in [0.25, 0.3) is 0 Å². The minimum atomic E-state index is -0.598. The van der Waals surface area contributed by atoms with E-state index in [1.165, 1.54) is 6.33 Å². The predicted octanol–water partition coefficient (Wildman–Crippen LogP) is 1.34. The van der Waals surface area contributed by atoms with Crippen molar-refractivity contribution in [1.82, 2.24) is 19.7 Å². The van der Waals surface area contributed by atoms with Crippen LogP contribution >= 0.6 is 11.3 Å². The van der Waals surface area contributed by atoms with Crippen molar-refractivity contribution in [2.45, 2.75) is 32.9 Å². The Labute approximate surface area is 97.8 Å². The number of rotatable bonds is 4. The number of aryl methyl sites for hydroxylation is 2. The van der Waals surface area contributed by atoms with E-state index >= 15 is 0 Å². The predicted molar refractivity (Wildman–Crippen MR) is 61.2 cm³/mol. The van der Waals surface area contributed by atoms with Gasteiger partial charge in [0.15, 0.2) is 0 Å². The molecule has 0 aliphatic carbocycles. The van der Waals surface area contributed by atoms with Crippen LogP contribution in [0.2, 0.25) is 0 Å². The Balaban J connectivity index is 2.10. The van der Waals surface area contributed by atoms with Crippen LogP contribution in [0.15, 0.2) is 11.7 Å². The highest BCUT2D eigenvalue weighted by Gasteiger charge is 2.14. The lowest BCUT2D eigenvalue weighted by Crippen LogP contribution is -2.09. The first-order valence-electron chi connectivity index (χ1n) is 5.17. The number of aliphatic hydroxyl groups excluding tert-OH is 1. The Bertz CT molecular complexity index is 465. The summed E-state index contributed by atoms with van der Waals surface area (Å²) >= 11 is 1.54. The van der Waals surface area contributed by atoms with Crippen molar-refractivity contribution in [2.24, 2.45) is 0 Å². The van der Waals surface area contributed by atoms with Crippen molar-refractivity contribution in [3.63, 3.8) is 0 Å². The average molecular weight is 238 g/mol. The highest BCUT2D eigenvalue weighted by atomic mass is 32.1. The normalized spacial score (nSPS) is 12.9. The topological polar surface area (TPSA) is 63.8 Å². The molecule has 0 saturated heterocycles. The molecule has 86 valence electrons. The lowest BCUT2D eigenvalue weighted by atomic mass is 10.2. The monoisotopic (exact) mass is 238 g/mol. The fourth-order valence-corrected chi connectivity index (χ4v) is 2.18. The molecule has 2 heterocycles. The van der Waals surface area contributed by atoms with E-state index in [4.69, 9.17) is 0 Å². The summed E-state index contributed by atoms with van der Waals surface area (Å²) in [5, 5.41) is 16.9. The number of aliphatic hydroxyl groups is 1. The van der Waals surface area contributed by atoms with Crippen molar-refractivity contribution in [1.29, 1.82) is 0 Å². The van der Waals surface area contributed by atoms with Crippen molar-refractivity contribution in [2.75, 3.05) is 0 Å². The van der Waals surface area contributed by atoms with Crippen LogP contribution in [0.3, 0.4) is 0 Å². The maximum atomic E-state index is 9.99. The smallest absolute Gasteiger partial charge is 0.138 e. The summed E-state index contributed by atoms with van der Waals surface area (Å²) in [4.78, 5) is 8.38. The Morgan fingerprint density at radius 1 is 1.56 bits per heavy atom. The molecule has 2 aromatic heterocycles. The number of nitrogens with zero attached hydrogens (tertiary/aromatic N) is 4. The van der Waals surface area contributed by atoms with Crippen molar-refractivity contribution in [3.05, 3.63) is 28.2 Å². The van der Waals surface area contributed by atoms with Gasteiger partial charge in [-0.3, -0.25) is 4.68 Å². The lowest BCUT2D eigenvalue weighted by molar-refractivity contribution is 0.170. The van der Waals surface area contributed by atoms with E-state index in [2.05, 4.69) is 15.1 Å². The first kappa shape index (κ1) is 11.2. The number of aromatic nitrogens is 4. The van der Waals surface area contributed by atoms with E-state index in [9.17, 15) is 5.11 Å². The van der Waals surface area contributed by atoms with Crippen LogP contribution in [-0.4, -0.2) is 24.9 Å². The standard InChI is InChI=1S/C10H14N4OS/c1-3-14-10(11-6-12-14)4-9(15)8-5-16-7(2)13-8/h5-6,9,15H,3-4H2,1-2H3. The fraction of sp³-hybridized carbons (Fsp3) is 0.500. The van der Waals surface area contributed by atoms with Gasteiger partial charge >= 0.3 is 0 Å². The molecule has 5 nitrogen and oxygen atoms in total. The van der Waals surface area contributed by atoms with Gasteiger partial charge in [0.1, 0.15) is 18.3 Å². The SMILES string of the molecule is CCn1ncnc1CC(O)c1csc(C)n1. The molecule has 0 saturated carbocycles. The van der Waals surface area contributed by atoms with Gasteiger partial charge in [-0.1, -0.05) is 0 Å². The summed E-state index contributed by atoms with van der Waals surface area (Å²) in [5.41, 5.74) is 0.716. The maximum Gasteiger partial charge on any atom is 0.138 e. The van der Waals surface area contributed by atoms with Crippen molar-refractivity contribution >= 4 is 11.3 Å². The van der Waals surface area contributed by atoms with E-state index in [-0.39, 0.29) is 0 Å². The maximum absolute atomic E-state index is 9.99. The molecule has 1 unspecified atom stereocenters. The summed E-state index contributed by atoms with van der Waals surface area (Å²) in [6, 6.07) is 0. The average Bonchev–Trinajstić information content (AvgIpc) is 2.86. The minimum absolute atomic E-state index is 0.455. The van der Waals surface area contributed by atoms with Gasteiger partial charge in [-0.2, -0.15) is 5.10 Å². The van der Waals surface area contributed by atoms with Crippen LogP contribution in [0.5, 0.6) is 0 Å². The van der Waals surface area contributed by atoms with E-state index < -0.39 is 6.10 Å². The van der Waals surface area contributed by atoms with Crippen molar-refractivity contribution < 1.29 is 5.11 Å². The van der Waals surface area contributed by atoms with E-state index in [1.54, 1.807) is 16.0 Å². The summed E-state index contributed by atoms with van der Waals surface area (Å²) in [7, 11) is 0. The lowest BCUT2D eigenvalue weighted by Gasteiger charge is -2.07. The number of thiazole rings is 1. The molecule has 0 amide bonds. The van der Waals surface area contributed by atoms with Gasteiger partial charge in [-0.15, -0.1) is 11.3 Å². The van der Waals surface area contributed by atoms with Crippen LogP contribution in [0, 0.1) is 6.92 Å². The fourth-order valence-electron chi connectivity index (χ4n) is 1.52. The van der Waals surface area contributed by atoms with Gasteiger partial charge in [0.2, 0.25) is 0 Å². The molecule has 16 heavy (non-hydrogen) atoms. The molecule has 0 radical (unpaired) electrons. The number of hydrogen-bond acceptors (Lipinski definition) is 5. The summed E-state index contributed by atoms with van der Waals surface area (Å²) in [5.74, 6) is 0.792. The summed E-state index contributed by atoms with van der Waals surface area (Å²) in [6.45, 7) is 4.69. The highest BCUT2D eigenvalue weighted by Crippen LogP contribution is 2.19. The number of hydrogen-bond donors (Lipinski definition) is 1. The van der Waals surface area contributed by atoms with Crippen LogP contribution < -0.4 is 0 Å². The molecular weight excluding hydrogens is 224 g/mol. The van der Waals surface area contributed by atoms with Gasteiger partial charge < -0.3 is 5.11 Å². The second-order valence-corrected chi connectivity index (χ2v) is 4.57. The summed E-state index contributed by atoms with van der Waals surface area (Å²) < 4.78 is 1.78. The molecule has 2 rings (SSSR count). The van der Waals surface area contributed by atoms with Gasteiger partial charge in [0.05, 0.1) is 10.7 Å². The quantitative estimate of drug-likeness (QED) is 0.873.